The third-order valence-corrected chi connectivity index (χ3v) is 3.15. The highest BCUT2D eigenvalue weighted by atomic mass is 16.5. The normalized spacial score (nSPS) is 11.1. The van der Waals surface area contributed by atoms with Gasteiger partial charge < -0.3 is 15.0 Å². The molecule has 0 aliphatic heterocycles. The fraction of sp³-hybridized carbons (Fsp3) is 0.714. The summed E-state index contributed by atoms with van der Waals surface area (Å²) in [5, 5.41) is 3.31. The van der Waals surface area contributed by atoms with E-state index >= 15 is 0 Å². The standard InChI is InChI=1S/C14H26N4O/c1-11(2)18(4)9-7-6-8-15-13-10-14(19-5)17-12(3)16-13/h10-11H,6-9H2,1-5H3,(H,15,16,17). The quantitative estimate of drug-likeness (QED) is 0.732. The lowest BCUT2D eigenvalue weighted by atomic mass is 10.2. The van der Waals surface area contributed by atoms with Crippen LogP contribution in [0.15, 0.2) is 6.07 Å². The molecular weight excluding hydrogens is 240 g/mol. The van der Waals surface area contributed by atoms with E-state index in [1.54, 1.807) is 7.11 Å². The van der Waals surface area contributed by atoms with Gasteiger partial charge in [0.15, 0.2) is 0 Å². The van der Waals surface area contributed by atoms with Crippen LogP contribution in [0.2, 0.25) is 0 Å². The molecule has 0 amide bonds. The molecule has 0 aliphatic carbocycles. The van der Waals surface area contributed by atoms with Gasteiger partial charge in [0.05, 0.1) is 7.11 Å². The monoisotopic (exact) mass is 266 g/mol. The Kier molecular flexibility index (Phi) is 6.56. The number of hydrogen-bond acceptors (Lipinski definition) is 5. The molecule has 0 saturated carbocycles. The predicted molar refractivity (Wildman–Crippen MR) is 78.8 cm³/mol. The summed E-state index contributed by atoms with van der Waals surface area (Å²) in [7, 11) is 3.78. The summed E-state index contributed by atoms with van der Waals surface area (Å²) in [6, 6.07) is 2.44. The SMILES string of the molecule is COc1cc(NCCCCN(C)C(C)C)nc(C)n1. The maximum Gasteiger partial charge on any atom is 0.218 e. The summed E-state index contributed by atoms with van der Waals surface area (Å²) < 4.78 is 5.12. The van der Waals surface area contributed by atoms with Gasteiger partial charge in [0.25, 0.3) is 0 Å². The molecule has 0 spiro atoms. The van der Waals surface area contributed by atoms with Crippen LogP contribution in [0.4, 0.5) is 5.82 Å². The van der Waals surface area contributed by atoms with E-state index in [9.17, 15) is 0 Å². The third-order valence-electron chi connectivity index (χ3n) is 3.15. The molecule has 0 radical (unpaired) electrons. The fourth-order valence-corrected chi connectivity index (χ4v) is 1.70. The molecule has 0 atom stereocenters. The van der Waals surface area contributed by atoms with Crippen molar-refractivity contribution in [2.75, 3.05) is 32.6 Å². The molecule has 1 aromatic heterocycles. The average Bonchev–Trinajstić information content (AvgIpc) is 2.37. The number of nitrogens with one attached hydrogen (secondary N) is 1. The van der Waals surface area contributed by atoms with Crippen molar-refractivity contribution in [2.24, 2.45) is 0 Å². The van der Waals surface area contributed by atoms with E-state index in [2.05, 4.69) is 41.1 Å². The smallest absolute Gasteiger partial charge is 0.218 e. The minimum atomic E-state index is 0.606. The van der Waals surface area contributed by atoms with Gasteiger partial charge in [-0.25, -0.2) is 4.98 Å². The number of nitrogens with zero attached hydrogens (tertiary/aromatic N) is 3. The highest BCUT2D eigenvalue weighted by molar-refractivity contribution is 5.38. The summed E-state index contributed by atoms with van der Waals surface area (Å²) in [4.78, 5) is 10.8. The van der Waals surface area contributed by atoms with E-state index in [0.717, 1.165) is 31.2 Å². The zero-order chi connectivity index (χ0) is 14.3. The Balaban J connectivity index is 2.28. The first-order valence-electron chi connectivity index (χ1n) is 6.86. The van der Waals surface area contributed by atoms with Crippen LogP contribution in [-0.4, -0.2) is 48.2 Å². The van der Waals surface area contributed by atoms with Gasteiger partial charge in [0.2, 0.25) is 5.88 Å². The largest absolute Gasteiger partial charge is 0.481 e. The molecular formula is C14H26N4O. The molecule has 1 heterocycles. The van der Waals surface area contributed by atoms with Crippen LogP contribution < -0.4 is 10.1 Å². The molecule has 0 fully saturated rings. The molecule has 0 saturated heterocycles. The number of ether oxygens (including phenoxy) is 1. The Morgan fingerprint density at radius 3 is 2.68 bits per heavy atom. The summed E-state index contributed by atoms with van der Waals surface area (Å²) in [5.41, 5.74) is 0. The van der Waals surface area contributed by atoms with E-state index in [-0.39, 0.29) is 0 Å². The number of hydrogen-bond donors (Lipinski definition) is 1. The Morgan fingerprint density at radius 2 is 2.05 bits per heavy atom. The van der Waals surface area contributed by atoms with E-state index in [1.807, 2.05) is 13.0 Å². The average molecular weight is 266 g/mol. The zero-order valence-corrected chi connectivity index (χ0v) is 12.7. The van der Waals surface area contributed by atoms with E-state index in [4.69, 9.17) is 4.74 Å². The van der Waals surface area contributed by atoms with Crippen molar-refractivity contribution < 1.29 is 4.74 Å². The number of methoxy groups -OCH3 is 1. The van der Waals surface area contributed by atoms with Gasteiger partial charge in [-0.3, -0.25) is 0 Å². The topological polar surface area (TPSA) is 50.3 Å². The molecule has 1 aromatic rings. The maximum atomic E-state index is 5.12. The molecule has 19 heavy (non-hydrogen) atoms. The lowest BCUT2D eigenvalue weighted by Gasteiger charge is -2.20. The number of aromatic nitrogens is 2. The molecule has 1 N–H and O–H groups in total. The second-order valence-electron chi connectivity index (χ2n) is 5.05. The van der Waals surface area contributed by atoms with Crippen LogP contribution >= 0.6 is 0 Å². The molecule has 0 aromatic carbocycles. The molecule has 5 nitrogen and oxygen atoms in total. The lowest BCUT2D eigenvalue weighted by Crippen LogP contribution is -2.27. The third kappa shape index (κ3) is 5.87. The second kappa shape index (κ2) is 7.94. The van der Waals surface area contributed by atoms with Gasteiger partial charge in [-0.2, -0.15) is 4.98 Å². The Morgan fingerprint density at radius 1 is 1.32 bits per heavy atom. The summed E-state index contributed by atoms with van der Waals surface area (Å²) >= 11 is 0. The highest BCUT2D eigenvalue weighted by Crippen LogP contribution is 2.12. The van der Waals surface area contributed by atoms with Crippen molar-refractivity contribution in [2.45, 2.75) is 39.7 Å². The highest BCUT2D eigenvalue weighted by Gasteiger charge is 2.03. The van der Waals surface area contributed by atoms with Crippen molar-refractivity contribution in [3.05, 3.63) is 11.9 Å². The molecule has 0 bridgehead atoms. The van der Waals surface area contributed by atoms with E-state index in [1.165, 1.54) is 6.42 Å². The van der Waals surface area contributed by atoms with Crippen LogP contribution in [0.5, 0.6) is 5.88 Å². The lowest BCUT2D eigenvalue weighted by molar-refractivity contribution is 0.269. The molecule has 108 valence electrons. The molecule has 0 unspecified atom stereocenters. The Labute approximate surface area is 116 Å². The number of aryl methyl sites for hydroxylation is 1. The summed E-state index contributed by atoms with van der Waals surface area (Å²) in [6.45, 7) is 8.35. The molecule has 1 rings (SSSR count). The molecule has 0 aliphatic rings. The van der Waals surface area contributed by atoms with Crippen LogP contribution in [0, 0.1) is 6.92 Å². The van der Waals surface area contributed by atoms with E-state index in [0.29, 0.717) is 11.9 Å². The first-order valence-corrected chi connectivity index (χ1v) is 6.86. The van der Waals surface area contributed by atoms with Crippen molar-refractivity contribution in [1.82, 2.24) is 14.9 Å². The van der Waals surface area contributed by atoms with Crippen LogP contribution in [0.3, 0.4) is 0 Å². The number of anilines is 1. The van der Waals surface area contributed by atoms with Gasteiger partial charge in [-0.1, -0.05) is 0 Å². The minimum absolute atomic E-state index is 0.606. The van der Waals surface area contributed by atoms with E-state index < -0.39 is 0 Å². The van der Waals surface area contributed by atoms with Gasteiger partial charge >= 0.3 is 0 Å². The van der Waals surface area contributed by atoms with Gasteiger partial charge in [0, 0.05) is 18.7 Å². The van der Waals surface area contributed by atoms with Gasteiger partial charge in [-0.15, -0.1) is 0 Å². The van der Waals surface area contributed by atoms with Crippen LogP contribution in [-0.2, 0) is 0 Å². The second-order valence-corrected chi connectivity index (χ2v) is 5.05. The molecule has 5 heteroatoms. The first-order chi connectivity index (χ1) is 9.02. The Bertz CT molecular complexity index is 382. The Hall–Kier alpha value is -1.36. The fourth-order valence-electron chi connectivity index (χ4n) is 1.70. The predicted octanol–water partition coefficient (Wildman–Crippen LogP) is 2.33. The summed E-state index contributed by atoms with van der Waals surface area (Å²) in [5.74, 6) is 2.16. The van der Waals surface area contributed by atoms with Gasteiger partial charge in [-0.05, 0) is 47.2 Å². The van der Waals surface area contributed by atoms with Crippen LogP contribution in [0.1, 0.15) is 32.5 Å². The van der Waals surface area contributed by atoms with Crippen LogP contribution in [0.25, 0.3) is 0 Å². The number of rotatable bonds is 8. The first kappa shape index (κ1) is 15.7. The zero-order valence-electron chi connectivity index (χ0n) is 12.7. The van der Waals surface area contributed by atoms with Crippen molar-refractivity contribution >= 4 is 5.82 Å². The summed E-state index contributed by atoms with van der Waals surface area (Å²) in [6.07, 6.45) is 2.31. The van der Waals surface area contributed by atoms with Crippen molar-refractivity contribution in [3.63, 3.8) is 0 Å². The number of unbranched alkanes of at least 4 members (excludes halogenated alkanes) is 1. The van der Waals surface area contributed by atoms with Gasteiger partial charge in [0.1, 0.15) is 11.6 Å². The maximum absolute atomic E-state index is 5.12. The minimum Gasteiger partial charge on any atom is -0.481 e. The van der Waals surface area contributed by atoms with Crippen molar-refractivity contribution in [3.8, 4) is 5.88 Å². The van der Waals surface area contributed by atoms with Crippen molar-refractivity contribution in [1.29, 1.82) is 0 Å².